The SMILES string of the molecule is Cc1nccn1C(=O)Cc1ccccc1F. The molecule has 0 unspecified atom stereocenters. The number of carbonyl (C=O) groups is 1. The Balaban J connectivity index is 2.21. The molecule has 0 aliphatic carbocycles. The first-order chi connectivity index (χ1) is 7.68. The maximum absolute atomic E-state index is 13.3. The van der Waals surface area contributed by atoms with Gasteiger partial charge < -0.3 is 0 Å². The second-order valence-corrected chi connectivity index (χ2v) is 3.51. The number of nitrogens with zero attached hydrogens (tertiary/aromatic N) is 2. The molecule has 0 bridgehead atoms. The minimum Gasteiger partial charge on any atom is -0.274 e. The van der Waals surface area contributed by atoms with Crippen molar-refractivity contribution in [2.24, 2.45) is 0 Å². The van der Waals surface area contributed by atoms with Crippen LogP contribution in [-0.4, -0.2) is 15.5 Å². The summed E-state index contributed by atoms with van der Waals surface area (Å²) < 4.78 is 14.7. The zero-order chi connectivity index (χ0) is 11.5. The van der Waals surface area contributed by atoms with Gasteiger partial charge in [0.25, 0.3) is 0 Å². The van der Waals surface area contributed by atoms with Gasteiger partial charge in [0.15, 0.2) is 0 Å². The fourth-order valence-corrected chi connectivity index (χ4v) is 1.53. The van der Waals surface area contributed by atoms with Gasteiger partial charge in [-0.15, -0.1) is 0 Å². The number of carbonyl (C=O) groups excluding carboxylic acids is 1. The number of benzene rings is 1. The van der Waals surface area contributed by atoms with E-state index in [2.05, 4.69) is 4.98 Å². The van der Waals surface area contributed by atoms with Crippen LogP contribution in [0.25, 0.3) is 0 Å². The van der Waals surface area contributed by atoms with E-state index in [0.717, 1.165) is 0 Å². The Hall–Kier alpha value is -1.97. The first-order valence-electron chi connectivity index (χ1n) is 4.95. The van der Waals surface area contributed by atoms with Gasteiger partial charge in [-0.25, -0.2) is 9.37 Å². The third-order valence-electron chi connectivity index (χ3n) is 2.39. The molecular formula is C12H11FN2O. The minimum absolute atomic E-state index is 0.0455. The van der Waals surface area contributed by atoms with E-state index >= 15 is 0 Å². The molecular weight excluding hydrogens is 207 g/mol. The molecule has 1 aromatic carbocycles. The molecule has 0 saturated carbocycles. The van der Waals surface area contributed by atoms with Crippen LogP contribution in [0, 0.1) is 12.7 Å². The van der Waals surface area contributed by atoms with Crippen molar-refractivity contribution in [3.8, 4) is 0 Å². The maximum atomic E-state index is 13.3. The van der Waals surface area contributed by atoms with Gasteiger partial charge in [-0.1, -0.05) is 18.2 Å². The predicted octanol–water partition coefficient (Wildman–Crippen LogP) is 2.21. The van der Waals surface area contributed by atoms with E-state index in [1.54, 1.807) is 37.5 Å². The molecule has 0 atom stereocenters. The molecule has 16 heavy (non-hydrogen) atoms. The number of hydrogen-bond donors (Lipinski definition) is 0. The van der Waals surface area contributed by atoms with Crippen LogP contribution in [0.5, 0.6) is 0 Å². The van der Waals surface area contributed by atoms with Crippen LogP contribution in [0.2, 0.25) is 0 Å². The van der Waals surface area contributed by atoms with Crippen LogP contribution < -0.4 is 0 Å². The zero-order valence-corrected chi connectivity index (χ0v) is 8.85. The van der Waals surface area contributed by atoms with E-state index in [-0.39, 0.29) is 18.1 Å². The van der Waals surface area contributed by atoms with Crippen molar-refractivity contribution in [2.45, 2.75) is 13.3 Å². The first kappa shape index (κ1) is 10.5. The monoisotopic (exact) mass is 218 g/mol. The number of rotatable bonds is 2. The van der Waals surface area contributed by atoms with Crippen LogP contribution in [0.3, 0.4) is 0 Å². The van der Waals surface area contributed by atoms with Gasteiger partial charge in [0.05, 0.1) is 6.42 Å². The summed E-state index contributed by atoms with van der Waals surface area (Å²) >= 11 is 0. The molecule has 4 heteroatoms. The molecule has 1 aromatic heterocycles. The van der Waals surface area contributed by atoms with Crippen molar-refractivity contribution in [1.29, 1.82) is 0 Å². The molecule has 0 radical (unpaired) electrons. The summed E-state index contributed by atoms with van der Waals surface area (Å²) in [5.74, 6) is 0.0788. The molecule has 0 saturated heterocycles. The summed E-state index contributed by atoms with van der Waals surface area (Å²) in [4.78, 5) is 15.8. The predicted molar refractivity (Wildman–Crippen MR) is 57.7 cm³/mol. The first-order valence-corrected chi connectivity index (χ1v) is 4.95. The quantitative estimate of drug-likeness (QED) is 0.774. The summed E-state index contributed by atoms with van der Waals surface area (Å²) in [6, 6.07) is 6.28. The highest BCUT2D eigenvalue weighted by Crippen LogP contribution is 2.09. The van der Waals surface area contributed by atoms with E-state index in [1.807, 2.05) is 0 Å². The molecule has 0 spiro atoms. The maximum Gasteiger partial charge on any atom is 0.236 e. The Kier molecular flexibility index (Phi) is 2.81. The molecule has 2 rings (SSSR count). The third-order valence-corrected chi connectivity index (χ3v) is 2.39. The van der Waals surface area contributed by atoms with Crippen molar-refractivity contribution in [3.05, 3.63) is 53.9 Å². The molecule has 2 aromatic rings. The Morgan fingerprint density at radius 2 is 2.19 bits per heavy atom. The second kappa shape index (κ2) is 4.26. The molecule has 0 fully saturated rings. The van der Waals surface area contributed by atoms with Gasteiger partial charge in [0, 0.05) is 12.4 Å². The van der Waals surface area contributed by atoms with Crippen molar-refractivity contribution in [3.63, 3.8) is 0 Å². The molecule has 0 N–H and O–H groups in total. The highest BCUT2D eigenvalue weighted by molar-refractivity contribution is 5.81. The Morgan fingerprint density at radius 1 is 1.44 bits per heavy atom. The van der Waals surface area contributed by atoms with E-state index in [1.165, 1.54) is 10.6 Å². The lowest BCUT2D eigenvalue weighted by atomic mass is 10.1. The number of aromatic nitrogens is 2. The molecule has 82 valence electrons. The zero-order valence-electron chi connectivity index (χ0n) is 8.85. The van der Waals surface area contributed by atoms with Crippen molar-refractivity contribution >= 4 is 5.91 Å². The Morgan fingerprint density at radius 3 is 2.81 bits per heavy atom. The smallest absolute Gasteiger partial charge is 0.236 e. The molecule has 0 aliphatic rings. The average Bonchev–Trinajstić information content (AvgIpc) is 2.68. The van der Waals surface area contributed by atoms with E-state index in [9.17, 15) is 9.18 Å². The normalized spacial score (nSPS) is 10.4. The molecule has 1 heterocycles. The van der Waals surface area contributed by atoms with Crippen LogP contribution in [-0.2, 0) is 6.42 Å². The fraction of sp³-hybridized carbons (Fsp3) is 0.167. The largest absolute Gasteiger partial charge is 0.274 e. The van der Waals surface area contributed by atoms with E-state index in [4.69, 9.17) is 0 Å². The topological polar surface area (TPSA) is 34.9 Å². The summed E-state index contributed by atoms with van der Waals surface area (Å²) in [6.45, 7) is 1.74. The fourth-order valence-electron chi connectivity index (χ4n) is 1.53. The highest BCUT2D eigenvalue weighted by Gasteiger charge is 2.10. The lowest BCUT2D eigenvalue weighted by Gasteiger charge is -2.04. The van der Waals surface area contributed by atoms with E-state index < -0.39 is 0 Å². The molecule has 0 aliphatic heterocycles. The summed E-state index contributed by atoms with van der Waals surface area (Å²) in [6.07, 6.45) is 3.18. The van der Waals surface area contributed by atoms with Crippen molar-refractivity contribution < 1.29 is 9.18 Å². The number of aryl methyl sites for hydroxylation is 1. The van der Waals surface area contributed by atoms with Gasteiger partial charge in [0.1, 0.15) is 11.6 Å². The van der Waals surface area contributed by atoms with Crippen LogP contribution in [0.15, 0.2) is 36.7 Å². The van der Waals surface area contributed by atoms with Crippen LogP contribution >= 0.6 is 0 Å². The van der Waals surface area contributed by atoms with Gasteiger partial charge in [-0.05, 0) is 18.6 Å². The van der Waals surface area contributed by atoms with Gasteiger partial charge in [-0.3, -0.25) is 9.36 Å². The number of hydrogen-bond acceptors (Lipinski definition) is 2. The average molecular weight is 218 g/mol. The lowest BCUT2D eigenvalue weighted by Crippen LogP contribution is -2.14. The highest BCUT2D eigenvalue weighted by atomic mass is 19.1. The van der Waals surface area contributed by atoms with Crippen LogP contribution in [0.1, 0.15) is 16.2 Å². The third kappa shape index (κ3) is 2.00. The summed E-state index contributed by atoms with van der Waals surface area (Å²) in [5.41, 5.74) is 0.403. The molecule has 3 nitrogen and oxygen atoms in total. The van der Waals surface area contributed by atoms with Gasteiger partial charge in [-0.2, -0.15) is 0 Å². The lowest BCUT2D eigenvalue weighted by molar-refractivity contribution is 0.0910. The second-order valence-electron chi connectivity index (χ2n) is 3.51. The minimum atomic E-state index is -0.353. The number of imidazole rings is 1. The van der Waals surface area contributed by atoms with E-state index in [0.29, 0.717) is 11.4 Å². The Bertz CT molecular complexity index is 519. The molecule has 0 amide bonds. The standard InChI is InChI=1S/C12H11FN2O/c1-9-14-6-7-15(9)12(16)8-10-4-2-3-5-11(10)13/h2-7H,8H2,1H3. The summed E-state index contributed by atoms with van der Waals surface area (Å²) in [5, 5.41) is 0. The van der Waals surface area contributed by atoms with Crippen molar-refractivity contribution in [1.82, 2.24) is 9.55 Å². The van der Waals surface area contributed by atoms with Gasteiger partial charge in [0.2, 0.25) is 5.91 Å². The Labute approximate surface area is 92.5 Å². The van der Waals surface area contributed by atoms with Crippen LogP contribution in [0.4, 0.5) is 4.39 Å². The van der Waals surface area contributed by atoms with Gasteiger partial charge >= 0.3 is 0 Å². The van der Waals surface area contributed by atoms with Crippen molar-refractivity contribution in [2.75, 3.05) is 0 Å². The summed E-state index contributed by atoms with van der Waals surface area (Å²) in [7, 11) is 0. The number of halogens is 1.